The van der Waals surface area contributed by atoms with E-state index in [9.17, 15) is 9.59 Å². The Kier molecular flexibility index (Phi) is 6.40. The summed E-state index contributed by atoms with van der Waals surface area (Å²) < 4.78 is 0. The zero-order valence-corrected chi connectivity index (χ0v) is 14.4. The van der Waals surface area contributed by atoms with E-state index < -0.39 is 0 Å². The predicted molar refractivity (Wildman–Crippen MR) is 90.3 cm³/mol. The summed E-state index contributed by atoms with van der Waals surface area (Å²) in [6, 6.07) is 5.38. The maximum absolute atomic E-state index is 12.3. The number of carbonyl (C=O) groups excluding carboxylic acids is 2. The van der Waals surface area contributed by atoms with E-state index in [-0.39, 0.29) is 18.0 Å². The fourth-order valence-electron chi connectivity index (χ4n) is 2.16. The second-order valence-electron chi connectivity index (χ2n) is 5.91. The van der Waals surface area contributed by atoms with Crippen LogP contribution in [0.1, 0.15) is 42.6 Å². The first-order valence-corrected chi connectivity index (χ1v) is 7.64. The van der Waals surface area contributed by atoms with Crippen molar-refractivity contribution in [1.82, 2.24) is 9.80 Å². The van der Waals surface area contributed by atoms with E-state index in [4.69, 9.17) is 0 Å². The Labute approximate surface area is 133 Å². The molecule has 1 N–H and O–H groups in total. The van der Waals surface area contributed by atoms with Crippen molar-refractivity contribution in [3.05, 3.63) is 29.3 Å². The molecule has 0 saturated carbocycles. The van der Waals surface area contributed by atoms with Crippen LogP contribution in [-0.2, 0) is 0 Å². The van der Waals surface area contributed by atoms with Crippen molar-refractivity contribution in [2.75, 3.05) is 26.5 Å². The normalized spacial score (nSPS) is 11.7. The van der Waals surface area contributed by atoms with E-state index in [2.05, 4.69) is 12.2 Å². The SMILES string of the molecule is CCCC(C)N(C)C(=O)Nc1cc(C(=O)N(C)C)ccc1C. The molecule has 0 aliphatic rings. The Morgan fingerprint density at radius 2 is 1.86 bits per heavy atom. The van der Waals surface area contributed by atoms with Crippen LogP contribution in [0.15, 0.2) is 18.2 Å². The van der Waals surface area contributed by atoms with Crippen LogP contribution in [0.25, 0.3) is 0 Å². The van der Waals surface area contributed by atoms with Gasteiger partial charge in [0.25, 0.3) is 5.91 Å². The highest BCUT2D eigenvalue weighted by atomic mass is 16.2. The lowest BCUT2D eigenvalue weighted by molar-refractivity contribution is 0.0827. The monoisotopic (exact) mass is 305 g/mol. The molecular weight excluding hydrogens is 278 g/mol. The molecule has 0 fully saturated rings. The van der Waals surface area contributed by atoms with Gasteiger partial charge >= 0.3 is 6.03 Å². The van der Waals surface area contributed by atoms with E-state index in [1.165, 1.54) is 4.90 Å². The molecule has 1 aromatic carbocycles. The zero-order chi connectivity index (χ0) is 16.9. The number of hydrogen-bond donors (Lipinski definition) is 1. The minimum atomic E-state index is -0.154. The summed E-state index contributed by atoms with van der Waals surface area (Å²) in [6.07, 6.45) is 1.99. The zero-order valence-electron chi connectivity index (χ0n) is 14.4. The molecule has 5 nitrogen and oxygen atoms in total. The van der Waals surface area contributed by atoms with Crippen molar-refractivity contribution < 1.29 is 9.59 Å². The first-order valence-electron chi connectivity index (χ1n) is 7.64. The largest absolute Gasteiger partial charge is 0.345 e. The van der Waals surface area contributed by atoms with Gasteiger partial charge in [-0.05, 0) is 38.0 Å². The van der Waals surface area contributed by atoms with Crippen LogP contribution in [0.2, 0.25) is 0 Å². The standard InChI is InChI=1S/C17H27N3O2/c1-7-8-13(3)20(6)17(22)18-15-11-14(10-9-12(15)2)16(21)19(4)5/h9-11,13H,7-8H2,1-6H3,(H,18,22). The molecule has 1 unspecified atom stereocenters. The first-order chi connectivity index (χ1) is 10.3. The number of benzene rings is 1. The highest BCUT2D eigenvalue weighted by Crippen LogP contribution is 2.19. The smallest absolute Gasteiger partial charge is 0.321 e. The van der Waals surface area contributed by atoms with Gasteiger partial charge in [-0.15, -0.1) is 0 Å². The molecule has 0 spiro atoms. The molecule has 5 heteroatoms. The molecule has 22 heavy (non-hydrogen) atoms. The van der Waals surface area contributed by atoms with Gasteiger partial charge in [-0.2, -0.15) is 0 Å². The number of rotatable bonds is 5. The number of nitrogens with zero attached hydrogens (tertiary/aromatic N) is 2. The Bertz CT molecular complexity index is 541. The van der Waals surface area contributed by atoms with Gasteiger partial charge in [-0.3, -0.25) is 4.79 Å². The van der Waals surface area contributed by atoms with Gasteiger partial charge in [0, 0.05) is 38.4 Å². The second kappa shape index (κ2) is 7.82. The molecule has 1 atom stereocenters. The average Bonchev–Trinajstić information content (AvgIpc) is 2.47. The van der Waals surface area contributed by atoms with Crippen LogP contribution < -0.4 is 5.32 Å². The van der Waals surface area contributed by atoms with Crippen LogP contribution in [0.3, 0.4) is 0 Å². The van der Waals surface area contributed by atoms with E-state index in [0.717, 1.165) is 18.4 Å². The maximum Gasteiger partial charge on any atom is 0.321 e. The fourth-order valence-corrected chi connectivity index (χ4v) is 2.16. The van der Waals surface area contributed by atoms with Crippen LogP contribution >= 0.6 is 0 Å². The maximum atomic E-state index is 12.3. The van der Waals surface area contributed by atoms with E-state index in [1.807, 2.05) is 19.9 Å². The third-order valence-corrected chi connectivity index (χ3v) is 3.82. The van der Waals surface area contributed by atoms with Crippen molar-refractivity contribution >= 4 is 17.6 Å². The molecule has 0 bridgehead atoms. The summed E-state index contributed by atoms with van der Waals surface area (Å²) in [6.45, 7) is 6.04. The number of aryl methyl sites for hydroxylation is 1. The van der Waals surface area contributed by atoms with Crippen molar-refractivity contribution in [3.63, 3.8) is 0 Å². The lowest BCUT2D eigenvalue weighted by Crippen LogP contribution is -2.38. The Balaban J connectivity index is 2.91. The quantitative estimate of drug-likeness (QED) is 0.907. The Morgan fingerprint density at radius 1 is 1.23 bits per heavy atom. The number of amides is 3. The van der Waals surface area contributed by atoms with Gasteiger partial charge in [0.1, 0.15) is 0 Å². The van der Waals surface area contributed by atoms with Gasteiger partial charge in [0.15, 0.2) is 0 Å². The Hall–Kier alpha value is -2.04. The molecule has 0 heterocycles. The third-order valence-electron chi connectivity index (χ3n) is 3.82. The van der Waals surface area contributed by atoms with E-state index >= 15 is 0 Å². The summed E-state index contributed by atoms with van der Waals surface area (Å²) in [5.74, 6) is -0.0804. The van der Waals surface area contributed by atoms with E-state index in [0.29, 0.717) is 11.3 Å². The Morgan fingerprint density at radius 3 is 2.41 bits per heavy atom. The summed E-state index contributed by atoms with van der Waals surface area (Å²) in [5.41, 5.74) is 2.17. The van der Waals surface area contributed by atoms with Crippen LogP contribution in [0, 0.1) is 6.92 Å². The fraction of sp³-hybridized carbons (Fsp3) is 0.529. The molecule has 3 amide bonds. The van der Waals surface area contributed by atoms with Crippen LogP contribution in [0.4, 0.5) is 10.5 Å². The minimum absolute atomic E-state index is 0.0804. The van der Waals surface area contributed by atoms with Crippen LogP contribution in [0.5, 0.6) is 0 Å². The van der Waals surface area contributed by atoms with E-state index in [1.54, 1.807) is 38.2 Å². The highest BCUT2D eigenvalue weighted by molar-refractivity contribution is 5.97. The van der Waals surface area contributed by atoms with Gasteiger partial charge in [-0.25, -0.2) is 4.79 Å². The highest BCUT2D eigenvalue weighted by Gasteiger charge is 2.17. The number of nitrogens with one attached hydrogen (secondary N) is 1. The predicted octanol–water partition coefficient (Wildman–Crippen LogP) is 3.35. The van der Waals surface area contributed by atoms with Crippen LogP contribution in [-0.4, -0.2) is 48.9 Å². The molecule has 1 aromatic rings. The molecule has 0 aromatic heterocycles. The molecule has 122 valence electrons. The van der Waals surface area contributed by atoms with Crippen molar-refractivity contribution in [2.45, 2.75) is 39.7 Å². The lowest BCUT2D eigenvalue weighted by Gasteiger charge is -2.25. The summed E-state index contributed by atoms with van der Waals surface area (Å²) in [7, 11) is 5.21. The average molecular weight is 305 g/mol. The van der Waals surface area contributed by atoms with Gasteiger partial charge in [0.05, 0.1) is 0 Å². The molecule has 0 radical (unpaired) electrons. The number of carbonyl (C=O) groups is 2. The van der Waals surface area contributed by atoms with Gasteiger partial charge in [0.2, 0.25) is 0 Å². The summed E-state index contributed by atoms with van der Waals surface area (Å²) >= 11 is 0. The molecular formula is C17H27N3O2. The molecule has 0 aliphatic heterocycles. The number of hydrogen-bond acceptors (Lipinski definition) is 2. The summed E-state index contributed by atoms with van der Waals surface area (Å²) in [5, 5.41) is 2.90. The number of anilines is 1. The van der Waals surface area contributed by atoms with Crippen molar-refractivity contribution in [2.24, 2.45) is 0 Å². The minimum Gasteiger partial charge on any atom is -0.345 e. The summed E-state index contributed by atoms with van der Waals surface area (Å²) in [4.78, 5) is 27.6. The van der Waals surface area contributed by atoms with Crippen molar-refractivity contribution in [3.8, 4) is 0 Å². The van der Waals surface area contributed by atoms with Gasteiger partial charge in [-0.1, -0.05) is 19.4 Å². The first kappa shape index (κ1) is 18.0. The topological polar surface area (TPSA) is 52.7 Å². The molecule has 1 rings (SSSR count). The van der Waals surface area contributed by atoms with Crippen molar-refractivity contribution in [1.29, 1.82) is 0 Å². The molecule has 0 saturated heterocycles. The number of urea groups is 1. The third kappa shape index (κ3) is 4.48. The van der Waals surface area contributed by atoms with Gasteiger partial charge < -0.3 is 15.1 Å². The lowest BCUT2D eigenvalue weighted by atomic mass is 10.1. The second-order valence-corrected chi connectivity index (χ2v) is 5.91. The molecule has 0 aliphatic carbocycles.